The predicted octanol–water partition coefficient (Wildman–Crippen LogP) is 3.93. The van der Waals surface area contributed by atoms with Gasteiger partial charge in [-0.1, -0.05) is 6.07 Å². The van der Waals surface area contributed by atoms with Crippen LogP contribution in [0.15, 0.2) is 48.7 Å². The van der Waals surface area contributed by atoms with Crippen LogP contribution in [0.25, 0.3) is 11.1 Å². The Morgan fingerprint density at radius 1 is 1.17 bits per heavy atom. The molecule has 0 spiro atoms. The first kappa shape index (κ1) is 25.4. The van der Waals surface area contributed by atoms with Crippen LogP contribution in [-0.4, -0.2) is 60.5 Å². The molecule has 190 valence electrons. The van der Waals surface area contributed by atoms with Gasteiger partial charge in [0.15, 0.2) is 0 Å². The first-order chi connectivity index (χ1) is 17.2. The molecule has 3 heterocycles. The summed E-state index contributed by atoms with van der Waals surface area (Å²) in [6.45, 7) is 4.30. The monoisotopic (exact) mass is 502 g/mol. The minimum Gasteiger partial charge on any atom is -0.475 e. The lowest BCUT2D eigenvalue weighted by Gasteiger charge is -2.28. The molecule has 1 fully saturated rings. The van der Waals surface area contributed by atoms with Gasteiger partial charge in [-0.15, -0.1) is 0 Å². The molecule has 0 aliphatic carbocycles. The van der Waals surface area contributed by atoms with Gasteiger partial charge in [0.2, 0.25) is 5.88 Å². The molecular formula is C25H25F3N4O4. The van der Waals surface area contributed by atoms with Crippen molar-refractivity contribution in [1.29, 1.82) is 0 Å². The molecule has 1 saturated heterocycles. The van der Waals surface area contributed by atoms with E-state index in [0.717, 1.165) is 22.9 Å². The van der Waals surface area contributed by atoms with Crippen molar-refractivity contribution in [2.75, 3.05) is 49.7 Å². The quantitative estimate of drug-likeness (QED) is 0.505. The van der Waals surface area contributed by atoms with Gasteiger partial charge in [-0.2, -0.15) is 18.2 Å². The molecule has 0 saturated carbocycles. The molecule has 0 unspecified atom stereocenters. The Bertz CT molecular complexity index is 1230. The van der Waals surface area contributed by atoms with Crippen molar-refractivity contribution >= 4 is 17.4 Å². The van der Waals surface area contributed by atoms with Gasteiger partial charge in [0.25, 0.3) is 5.91 Å². The van der Waals surface area contributed by atoms with Gasteiger partial charge in [0.05, 0.1) is 19.8 Å². The number of anilines is 2. The summed E-state index contributed by atoms with van der Waals surface area (Å²) in [7, 11) is 0. The summed E-state index contributed by atoms with van der Waals surface area (Å²) in [4.78, 5) is 22.6. The van der Waals surface area contributed by atoms with Crippen LogP contribution in [-0.2, 0) is 10.9 Å². The largest absolute Gasteiger partial charge is 0.475 e. The molecule has 2 aromatic heterocycles. The summed E-state index contributed by atoms with van der Waals surface area (Å²) in [6.07, 6.45) is -3.70. The fourth-order valence-corrected chi connectivity index (χ4v) is 3.77. The van der Waals surface area contributed by atoms with Crippen molar-refractivity contribution in [3.8, 4) is 17.0 Å². The van der Waals surface area contributed by atoms with E-state index in [2.05, 4.69) is 20.2 Å². The first-order valence-electron chi connectivity index (χ1n) is 11.3. The normalized spacial score (nSPS) is 14.0. The third kappa shape index (κ3) is 6.10. The number of alkyl halides is 3. The molecule has 8 nitrogen and oxygen atoms in total. The zero-order valence-corrected chi connectivity index (χ0v) is 19.5. The summed E-state index contributed by atoms with van der Waals surface area (Å²) in [5.74, 6) is 0.343. The van der Waals surface area contributed by atoms with Crippen molar-refractivity contribution in [2.24, 2.45) is 0 Å². The Morgan fingerprint density at radius 2 is 1.94 bits per heavy atom. The summed E-state index contributed by atoms with van der Waals surface area (Å²) >= 11 is 0. The van der Waals surface area contributed by atoms with E-state index in [4.69, 9.17) is 14.6 Å². The zero-order valence-electron chi connectivity index (χ0n) is 19.5. The molecular weight excluding hydrogens is 477 g/mol. The average Bonchev–Trinajstić information content (AvgIpc) is 2.88. The molecule has 4 rings (SSSR count). The number of aliphatic hydroxyl groups is 1. The molecule has 0 atom stereocenters. The Hall–Kier alpha value is -3.70. The minimum atomic E-state index is -4.65. The van der Waals surface area contributed by atoms with Crippen LogP contribution in [0.2, 0.25) is 0 Å². The van der Waals surface area contributed by atoms with Crippen LogP contribution in [0.1, 0.15) is 21.6 Å². The van der Waals surface area contributed by atoms with E-state index in [1.807, 2.05) is 19.1 Å². The number of carbonyl (C=O) groups excluding carboxylic acids is 1. The van der Waals surface area contributed by atoms with Crippen molar-refractivity contribution in [2.45, 2.75) is 13.1 Å². The van der Waals surface area contributed by atoms with E-state index in [-0.39, 0.29) is 18.8 Å². The number of amides is 1. The molecule has 1 aliphatic heterocycles. The van der Waals surface area contributed by atoms with Crippen LogP contribution in [0, 0.1) is 6.92 Å². The number of carbonyl (C=O) groups is 1. The van der Waals surface area contributed by atoms with E-state index in [9.17, 15) is 18.0 Å². The maximum Gasteiger partial charge on any atom is 0.433 e. The van der Waals surface area contributed by atoms with Crippen molar-refractivity contribution in [3.05, 3.63) is 65.5 Å². The van der Waals surface area contributed by atoms with Gasteiger partial charge >= 0.3 is 6.18 Å². The number of ether oxygens (including phenoxy) is 2. The van der Waals surface area contributed by atoms with E-state index >= 15 is 0 Å². The number of nitrogens with zero attached hydrogens (tertiary/aromatic N) is 3. The van der Waals surface area contributed by atoms with Crippen molar-refractivity contribution < 1.29 is 32.5 Å². The summed E-state index contributed by atoms with van der Waals surface area (Å²) in [5, 5.41) is 11.8. The van der Waals surface area contributed by atoms with Gasteiger partial charge < -0.3 is 24.8 Å². The lowest BCUT2D eigenvalue weighted by Crippen LogP contribution is -2.36. The van der Waals surface area contributed by atoms with Crippen LogP contribution >= 0.6 is 0 Å². The topological polar surface area (TPSA) is 96.8 Å². The van der Waals surface area contributed by atoms with Gasteiger partial charge in [-0.3, -0.25) is 9.78 Å². The highest BCUT2D eigenvalue weighted by molar-refractivity contribution is 6.04. The Labute approximate surface area is 205 Å². The van der Waals surface area contributed by atoms with E-state index < -0.39 is 17.8 Å². The summed E-state index contributed by atoms with van der Waals surface area (Å²) < 4.78 is 50.0. The number of halogens is 3. The van der Waals surface area contributed by atoms with Gasteiger partial charge in [0.1, 0.15) is 18.1 Å². The number of aliphatic hydroxyl groups excluding tert-OH is 1. The Kier molecular flexibility index (Phi) is 7.70. The Balaban J connectivity index is 1.64. The van der Waals surface area contributed by atoms with Crippen LogP contribution in [0.4, 0.5) is 24.7 Å². The predicted molar refractivity (Wildman–Crippen MR) is 127 cm³/mol. The molecule has 2 N–H and O–H groups in total. The lowest BCUT2D eigenvalue weighted by atomic mass is 10.00. The van der Waals surface area contributed by atoms with Gasteiger partial charge in [-0.25, -0.2) is 0 Å². The molecule has 1 aliphatic rings. The highest BCUT2D eigenvalue weighted by atomic mass is 19.4. The number of hydrogen-bond acceptors (Lipinski definition) is 7. The number of nitrogens with one attached hydrogen (secondary N) is 1. The SMILES string of the molecule is Cc1ccc(NC(=O)c2ccnc(C(F)(F)F)c2)cc1-c1cc(OCCO)nc(N2CCOCC2)c1. The number of hydrogen-bond donors (Lipinski definition) is 2. The molecule has 1 aromatic carbocycles. The second kappa shape index (κ2) is 10.9. The number of rotatable bonds is 7. The minimum absolute atomic E-state index is 0.0833. The molecule has 0 bridgehead atoms. The zero-order chi connectivity index (χ0) is 25.7. The van der Waals surface area contributed by atoms with Crippen molar-refractivity contribution in [1.82, 2.24) is 9.97 Å². The number of morpholine rings is 1. The molecule has 11 heteroatoms. The van der Waals surface area contributed by atoms with Crippen LogP contribution < -0.4 is 15.0 Å². The maximum atomic E-state index is 13.0. The highest BCUT2D eigenvalue weighted by Crippen LogP contribution is 2.32. The van der Waals surface area contributed by atoms with Gasteiger partial charge in [0, 0.05) is 36.6 Å². The second-order valence-electron chi connectivity index (χ2n) is 8.14. The number of benzene rings is 1. The molecule has 1 amide bonds. The van der Waals surface area contributed by atoms with Crippen molar-refractivity contribution in [3.63, 3.8) is 0 Å². The molecule has 3 aromatic rings. The first-order valence-corrected chi connectivity index (χ1v) is 11.3. The fourth-order valence-electron chi connectivity index (χ4n) is 3.77. The lowest BCUT2D eigenvalue weighted by molar-refractivity contribution is -0.141. The summed E-state index contributed by atoms with van der Waals surface area (Å²) in [6, 6.07) is 10.8. The van der Waals surface area contributed by atoms with Gasteiger partial charge in [-0.05, 0) is 53.9 Å². The Morgan fingerprint density at radius 3 is 2.67 bits per heavy atom. The smallest absolute Gasteiger partial charge is 0.433 e. The number of aryl methyl sites for hydroxylation is 1. The molecule has 0 radical (unpaired) electrons. The molecule has 36 heavy (non-hydrogen) atoms. The third-order valence-corrected chi connectivity index (χ3v) is 5.58. The average molecular weight is 502 g/mol. The standard InChI is InChI=1S/C25H25F3N4O4/c1-16-2-3-19(30-24(34)17-4-5-29-21(12-17)25(26,27)28)15-20(16)18-13-22(32-6-9-35-10-7-32)31-23(14-18)36-11-8-33/h2-5,12-15,33H,6-11H2,1H3,(H,30,34). The third-order valence-electron chi connectivity index (χ3n) is 5.58. The highest BCUT2D eigenvalue weighted by Gasteiger charge is 2.33. The summed E-state index contributed by atoms with van der Waals surface area (Å²) in [5.41, 5.74) is 1.58. The second-order valence-corrected chi connectivity index (χ2v) is 8.14. The van der Waals surface area contributed by atoms with E-state index in [0.29, 0.717) is 49.8 Å². The number of pyridine rings is 2. The van der Waals surface area contributed by atoms with Crippen LogP contribution in [0.5, 0.6) is 5.88 Å². The fraction of sp³-hybridized carbons (Fsp3) is 0.320. The number of aromatic nitrogens is 2. The van der Waals surface area contributed by atoms with Crippen LogP contribution in [0.3, 0.4) is 0 Å². The van der Waals surface area contributed by atoms with E-state index in [1.54, 1.807) is 18.2 Å². The van der Waals surface area contributed by atoms with E-state index in [1.165, 1.54) is 6.07 Å². The maximum absolute atomic E-state index is 13.0.